The molecule has 0 aromatic carbocycles. The minimum absolute atomic E-state index is 0. The highest BCUT2D eigenvalue weighted by atomic mass is 35.5. The Morgan fingerprint density at radius 2 is 2.10 bits per heavy atom. The molecular weight excluding hydrogens is 310 g/mol. The van der Waals surface area contributed by atoms with Gasteiger partial charge in [-0.2, -0.15) is 0 Å². The van der Waals surface area contributed by atoms with Crippen molar-refractivity contribution >= 4 is 34.8 Å². The highest BCUT2D eigenvalue weighted by Gasteiger charge is 2.19. The first-order valence-electron chi connectivity index (χ1n) is 6.48. The van der Waals surface area contributed by atoms with E-state index in [1.807, 2.05) is 32.2 Å². The number of anilines is 1. The number of hydrogen-bond donors (Lipinski definition) is 2. The van der Waals surface area contributed by atoms with E-state index in [2.05, 4.69) is 10.3 Å². The lowest BCUT2D eigenvalue weighted by Gasteiger charge is -2.13. The van der Waals surface area contributed by atoms with Gasteiger partial charge in [0.1, 0.15) is 11.5 Å². The summed E-state index contributed by atoms with van der Waals surface area (Å²) in [5.41, 5.74) is 7.49. The van der Waals surface area contributed by atoms with Crippen LogP contribution in [0.5, 0.6) is 0 Å². The monoisotopic (exact) mass is 329 g/mol. The van der Waals surface area contributed by atoms with E-state index in [0.29, 0.717) is 5.13 Å². The topological polar surface area (TPSA) is 81.2 Å². The zero-order valence-electron chi connectivity index (χ0n) is 12.5. The molecule has 2 aromatic rings. The van der Waals surface area contributed by atoms with E-state index >= 15 is 0 Å². The lowest BCUT2D eigenvalue weighted by atomic mass is 10.0. The number of thiazole rings is 1. The van der Waals surface area contributed by atoms with Crippen LogP contribution in [0.25, 0.3) is 11.3 Å². The molecule has 1 amide bonds. The van der Waals surface area contributed by atoms with E-state index in [-0.39, 0.29) is 30.3 Å². The van der Waals surface area contributed by atoms with Gasteiger partial charge in [-0.25, -0.2) is 4.98 Å². The fourth-order valence-electron chi connectivity index (χ4n) is 1.80. The molecule has 0 aliphatic heterocycles. The van der Waals surface area contributed by atoms with Crippen LogP contribution in [0, 0.1) is 19.8 Å². The predicted molar refractivity (Wildman–Crippen MR) is 88.0 cm³/mol. The number of rotatable bonds is 4. The summed E-state index contributed by atoms with van der Waals surface area (Å²) < 4.78 is 5.49. The van der Waals surface area contributed by atoms with Crippen molar-refractivity contribution in [3.63, 3.8) is 0 Å². The van der Waals surface area contributed by atoms with Gasteiger partial charge in [-0.05, 0) is 26.8 Å². The van der Waals surface area contributed by atoms with Crippen molar-refractivity contribution in [3.05, 3.63) is 23.0 Å². The first kappa shape index (κ1) is 17.7. The Kier molecular flexibility index (Phi) is 5.95. The van der Waals surface area contributed by atoms with Crippen LogP contribution in [-0.4, -0.2) is 16.9 Å². The second-order valence-corrected chi connectivity index (χ2v) is 5.86. The van der Waals surface area contributed by atoms with E-state index in [4.69, 9.17) is 10.2 Å². The maximum absolute atomic E-state index is 11.9. The van der Waals surface area contributed by atoms with Gasteiger partial charge in [0.2, 0.25) is 5.91 Å². The van der Waals surface area contributed by atoms with Crippen LogP contribution >= 0.6 is 23.7 Å². The summed E-state index contributed by atoms with van der Waals surface area (Å²) >= 11 is 1.39. The number of hydrogen-bond acceptors (Lipinski definition) is 5. The summed E-state index contributed by atoms with van der Waals surface area (Å²) in [4.78, 5) is 16.3. The fourth-order valence-corrected chi connectivity index (χ4v) is 2.51. The van der Waals surface area contributed by atoms with Gasteiger partial charge < -0.3 is 15.5 Å². The quantitative estimate of drug-likeness (QED) is 0.901. The van der Waals surface area contributed by atoms with Crippen LogP contribution in [0.3, 0.4) is 0 Å². The lowest BCUT2D eigenvalue weighted by Crippen LogP contribution is -2.34. The molecule has 2 atom stereocenters. The van der Waals surface area contributed by atoms with Crippen LogP contribution in [0.1, 0.15) is 25.4 Å². The van der Waals surface area contributed by atoms with Gasteiger partial charge in [0.05, 0.1) is 11.6 Å². The van der Waals surface area contributed by atoms with Crippen LogP contribution in [0.15, 0.2) is 15.9 Å². The molecule has 3 N–H and O–H groups in total. The van der Waals surface area contributed by atoms with Crippen LogP contribution in [0.4, 0.5) is 5.13 Å². The van der Waals surface area contributed by atoms with Gasteiger partial charge in [0.25, 0.3) is 0 Å². The number of nitrogens with one attached hydrogen (secondary N) is 1. The number of carbonyl (C=O) groups excluding carboxylic acids is 1. The number of amides is 1. The number of furan rings is 1. The Balaban J connectivity index is 0.00000220. The summed E-state index contributed by atoms with van der Waals surface area (Å²) in [5, 5.41) is 5.28. The van der Waals surface area contributed by atoms with Crippen molar-refractivity contribution in [2.24, 2.45) is 11.7 Å². The van der Waals surface area contributed by atoms with Gasteiger partial charge in [-0.3, -0.25) is 4.79 Å². The smallest absolute Gasteiger partial charge is 0.230 e. The Morgan fingerprint density at radius 3 is 2.62 bits per heavy atom. The standard InChI is InChI=1S/C14H19N3O2S.ClH/c1-7-5-11(10(4)19-7)12-6-20-14(16-12)17-13(18)8(2)9(3)15;/h5-6,8-9H,15H2,1-4H3,(H,16,17,18);1H. The highest BCUT2D eigenvalue weighted by Crippen LogP contribution is 2.29. The van der Waals surface area contributed by atoms with Crippen LogP contribution < -0.4 is 11.1 Å². The van der Waals surface area contributed by atoms with Crippen LogP contribution in [-0.2, 0) is 4.79 Å². The molecule has 2 aromatic heterocycles. The molecule has 0 aliphatic rings. The van der Waals surface area contributed by atoms with E-state index < -0.39 is 0 Å². The summed E-state index contributed by atoms with van der Waals surface area (Å²) in [6.07, 6.45) is 0. The van der Waals surface area contributed by atoms with Gasteiger partial charge in [0, 0.05) is 17.0 Å². The first-order chi connectivity index (χ1) is 9.38. The van der Waals surface area contributed by atoms with Gasteiger partial charge in [-0.1, -0.05) is 6.92 Å². The number of carbonyl (C=O) groups is 1. The molecule has 2 rings (SSSR count). The van der Waals surface area contributed by atoms with E-state index in [9.17, 15) is 4.79 Å². The highest BCUT2D eigenvalue weighted by molar-refractivity contribution is 7.14. The Morgan fingerprint density at radius 1 is 1.43 bits per heavy atom. The predicted octanol–water partition coefficient (Wildman–Crippen LogP) is 3.36. The molecule has 116 valence electrons. The summed E-state index contributed by atoms with van der Waals surface area (Å²) in [6.45, 7) is 7.42. The molecule has 2 heterocycles. The Bertz CT molecular complexity index is 622. The largest absolute Gasteiger partial charge is 0.466 e. The number of halogens is 1. The van der Waals surface area contributed by atoms with Crippen molar-refractivity contribution in [1.82, 2.24) is 4.98 Å². The Labute approximate surface area is 134 Å². The summed E-state index contributed by atoms with van der Waals surface area (Å²) in [7, 11) is 0. The first-order valence-corrected chi connectivity index (χ1v) is 7.36. The maximum Gasteiger partial charge on any atom is 0.230 e. The van der Waals surface area contributed by atoms with E-state index in [1.54, 1.807) is 6.92 Å². The zero-order valence-corrected chi connectivity index (χ0v) is 14.1. The Hall–Kier alpha value is -1.37. The minimum Gasteiger partial charge on any atom is -0.466 e. The number of nitrogens with two attached hydrogens (primary N) is 1. The van der Waals surface area contributed by atoms with Crippen molar-refractivity contribution in [2.45, 2.75) is 33.7 Å². The molecule has 0 radical (unpaired) electrons. The van der Waals surface area contributed by atoms with Crippen molar-refractivity contribution in [2.75, 3.05) is 5.32 Å². The second kappa shape index (κ2) is 7.06. The fraction of sp³-hybridized carbons (Fsp3) is 0.429. The second-order valence-electron chi connectivity index (χ2n) is 5.00. The average molecular weight is 330 g/mol. The minimum atomic E-state index is -0.250. The molecule has 5 nitrogen and oxygen atoms in total. The molecule has 0 saturated carbocycles. The van der Waals surface area contributed by atoms with Crippen molar-refractivity contribution in [1.29, 1.82) is 0 Å². The molecule has 0 spiro atoms. The normalized spacial score (nSPS) is 13.4. The molecule has 0 bridgehead atoms. The molecule has 0 aliphatic carbocycles. The zero-order chi connectivity index (χ0) is 14.9. The van der Waals surface area contributed by atoms with E-state index in [0.717, 1.165) is 22.8 Å². The number of aromatic nitrogens is 1. The van der Waals surface area contributed by atoms with Crippen LogP contribution in [0.2, 0.25) is 0 Å². The average Bonchev–Trinajstić information content (AvgIpc) is 2.94. The van der Waals surface area contributed by atoms with Gasteiger partial charge in [-0.15, -0.1) is 23.7 Å². The lowest BCUT2D eigenvalue weighted by molar-refractivity contribution is -0.119. The maximum atomic E-state index is 11.9. The summed E-state index contributed by atoms with van der Waals surface area (Å²) in [5.74, 6) is 1.32. The van der Waals surface area contributed by atoms with Crippen molar-refractivity contribution in [3.8, 4) is 11.3 Å². The third-order valence-corrected chi connectivity index (χ3v) is 4.01. The molecule has 2 unspecified atom stereocenters. The number of aryl methyl sites for hydroxylation is 2. The van der Waals surface area contributed by atoms with Gasteiger partial charge >= 0.3 is 0 Å². The molecular formula is C14H20ClN3O2S. The third-order valence-electron chi connectivity index (χ3n) is 3.25. The molecule has 0 saturated heterocycles. The molecule has 0 fully saturated rings. The number of nitrogens with zero attached hydrogens (tertiary/aromatic N) is 1. The third kappa shape index (κ3) is 4.06. The molecule has 21 heavy (non-hydrogen) atoms. The molecule has 7 heteroatoms. The SMILES string of the molecule is Cc1cc(-c2csc(NC(=O)C(C)C(C)N)n2)c(C)o1.Cl. The van der Waals surface area contributed by atoms with Gasteiger partial charge in [0.15, 0.2) is 5.13 Å². The summed E-state index contributed by atoms with van der Waals surface area (Å²) in [6, 6.07) is 1.76. The van der Waals surface area contributed by atoms with Crippen molar-refractivity contribution < 1.29 is 9.21 Å². The van der Waals surface area contributed by atoms with E-state index in [1.165, 1.54) is 11.3 Å².